The molecular formula is C19H16S3. The molecule has 0 bridgehead atoms. The lowest BCUT2D eigenvalue weighted by Gasteiger charge is -2.08. The Kier molecular flexibility index (Phi) is 5.54. The lowest BCUT2D eigenvalue weighted by molar-refractivity contribution is 1.22. The van der Waals surface area contributed by atoms with E-state index in [1.807, 2.05) is 23.5 Å². The van der Waals surface area contributed by atoms with E-state index < -0.39 is 0 Å². The van der Waals surface area contributed by atoms with Gasteiger partial charge in [-0.2, -0.15) is 0 Å². The van der Waals surface area contributed by atoms with Crippen LogP contribution in [0.4, 0.5) is 0 Å². The van der Waals surface area contributed by atoms with Crippen molar-refractivity contribution in [2.75, 3.05) is 6.26 Å². The molecule has 0 spiro atoms. The Morgan fingerprint density at radius 3 is 1.32 bits per heavy atom. The molecule has 0 aliphatic heterocycles. The molecule has 0 radical (unpaired) electrons. The van der Waals surface area contributed by atoms with Crippen molar-refractivity contribution >= 4 is 35.3 Å². The van der Waals surface area contributed by atoms with E-state index in [1.165, 1.54) is 24.5 Å². The van der Waals surface area contributed by atoms with Gasteiger partial charge in [-0.25, -0.2) is 0 Å². The average Bonchev–Trinajstić information content (AvgIpc) is 2.56. The molecule has 3 aromatic rings. The van der Waals surface area contributed by atoms with Crippen molar-refractivity contribution in [1.29, 1.82) is 0 Å². The first-order valence-electron chi connectivity index (χ1n) is 6.98. The molecule has 3 heteroatoms. The molecule has 0 aliphatic carbocycles. The normalized spacial score (nSPS) is 10.6. The van der Waals surface area contributed by atoms with Gasteiger partial charge in [0, 0.05) is 24.5 Å². The van der Waals surface area contributed by atoms with Crippen LogP contribution in [0.25, 0.3) is 0 Å². The zero-order valence-corrected chi connectivity index (χ0v) is 14.7. The highest BCUT2D eigenvalue weighted by Gasteiger charge is 2.04. The Bertz CT molecular complexity index is 664. The molecule has 0 aromatic heterocycles. The van der Waals surface area contributed by atoms with E-state index in [0.29, 0.717) is 0 Å². The highest BCUT2D eigenvalue weighted by molar-refractivity contribution is 8.00. The molecule has 0 saturated heterocycles. The Morgan fingerprint density at radius 1 is 0.500 bits per heavy atom. The fourth-order valence-electron chi connectivity index (χ4n) is 2.03. The van der Waals surface area contributed by atoms with Gasteiger partial charge in [0.05, 0.1) is 0 Å². The summed E-state index contributed by atoms with van der Waals surface area (Å²) in [7, 11) is 0. The third-order valence-electron chi connectivity index (χ3n) is 3.05. The van der Waals surface area contributed by atoms with Gasteiger partial charge in [0.1, 0.15) is 0 Å². The topological polar surface area (TPSA) is 0 Å². The summed E-state index contributed by atoms with van der Waals surface area (Å²) in [6.45, 7) is 0. The second-order valence-electron chi connectivity index (χ2n) is 4.67. The number of thioether (sulfide) groups is 1. The number of hydrogen-bond donors (Lipinski definition) is 0. The largest absolute Gasteiger partial charge is 0.130 e. The smallest absolute Gasteiger partial charge is 0.0144 e. The van der Waals surface area contributed by atoms with Crippen LogP contribution in [-0.2, 0) is 0 Å². The summed E-state index contributed by atoms with van der Waals surface area (Å²) in [5.41, 5.74) is 0. The van der Waals surface area contributed by atoms with E-state index in [-0.39, 0.29) is 0 Å². The lowest BCUT2D eigenvalue weighted by Crippen LogP contribution is -1.80. The van der Waals surface area contributed by atoms with Gasteiger partial charge in [-0.1, -0.05) is 59.9 Å². The first-order valence-corrected chi connectivity index (χ1v) is 9.84. The summed E-state index contributed by atoms with van der Waals surface area (Å²) >= 11 is 5.42. The van der Waals surface area contributed by atoms with E-state index in [9.17, 15) is 0 Å². The monoisotopic (exact) mass is 340 g/mol. The van der Waals surface area contributed by atoms with Gasteiger partial charge in [-0.05, 0) is 48.7 Å². The highest BCUT2D eigenvalue weighted by Crippen LogP contribution is 2.36. The summed E-state index contributed by atoms with van der Waals surface area (Å²) in [4.78, 5) is 6.43. The van der Waals surface area contributed by atoms with Crippen molar-refractivity contribution in [1.82, 2.24) is 0 Å². The molecule has 0 aliphatic rings. The molecule has 0 nitrogen and oxygen atoms in total. The van der Waals surface area contributed by atoms with E-state index in [4.69, 9.17) is 0 Å². The maximum atomic E-state index is 2.27. The number of rotatable bonds is 5. The minimum absolute atomic E-state index is 1.27. The van der Waals surface area contributed by atoms with Gasteiger partial charge in [0.25, 0.3) is 0 Å². The Labute approximate surface area is 144 Å². The second-order valence-corrected chi connectivity index (χ2v) is 7.85. The molecule has 0 heterocycles. The molecule has 22 heavy (non-hydrogen) atoms. The predicted octanol–water partition coefficient (Wildman–Crippen LogP) is 6.71. The third-order valence-corrected chi connectivity index (χ3v) is 5.71. The van der Waals surface area contributed by atoms with Crippen LogP contribution < -0.4 is 0 Å². The summed E-state index contributed by atoms with van der Waals surface area (Å²) in [5.74, 6) is 0. The van der Waals surface area contributed by atoms with E-state index in [2.05, 4.69) is 85.1 Å². The maximum absolute atomic E-state index is 2.27. The van der Waals surface area contributed by atoms with Gasteiger partial charge in [0.2, 0.25) is 0 Å². The second kappa shape index (κ2) is 7.82. The minimum atomic E-state index is 1.27. The molecule has 110 valence electrons. The van der Waals surface area contributed by atoms with Gasteiger partial charge in [-0.3, -0.25) is 0 Å². The molecular weight excluding hydrogens is 324 g/mol. The molecule has 0 amide bonds. The third kappa shape index (κ3) is 4.35. The molecule has 0 atom stereocenters. The van der Waals surface area contributed by atoms with Crippen LogP contribution in [0.5, 0.6) is 0 Å². The van der Waals surface area contributed by atoms with Crippen LogP contribution in [0.2, 0.25) is 0 Å². The molecule has 3 rings (SSSR count). The quantitative estimate of drug-likeness (QED) is 0.474. The van der Waals surface area contributed by atoms with Gasteiger partial charge in [0.15, 0.2) is 0 Å². The summed E-state index contributed by atoms with van der Waals surface area (Å²) < 4.78 is 0. The first kappa shape index (κ1) is 15.6. The van der Waals surface area contributed by atoms with Crippen LogP contribution in [0.15, 0.2) is 103 Å². The van der Waals surface area contributed by atoms with Crippen LogP contribution in [0, 0.1) is 0 Å². The van der Waals surface area contributed by atoms with E-state index >= 15 is 0 Å². The lowest BCUT2D eigenvalue weighted by atomic mass is 10.3. The van der Waals surface area contributed by atoms with Crippen molar-refractivity contribution < 1.29 is 0 Å². The van der Waals surface area contributed by atoms with Gasteiger partial charge in [-0.15, -0.1) is 11.8 Å². The van der Waals surface area contributed by atoms with Crippen molar-refractivity contribution in [3.8, 4) is 0 Å². The molecule has 0 unspecified atom stereocenters. The van der Waals surface area contributed by atoms with Gasteiger partial charge < -0.3 is 0 Å². The average molecular weight is 341 g/mol. The van der Waals surface area contributed by atoms with Crippen LogP contribution in [-0.4, -0.2) is 6.26 Å². The molecule has 3 aromatic carbocycles. The molecule has 0 fully saturated rings. The molecule has 0 N–H and O–H groups in total. The fourth-order valence-corrected chi connectivity index (χ4v) is 4.62. The fraction of sp³-hybridized carbons (Fsp3) is 0.0526. The maximum Gasteiger partial charge on any atom is 0.0144 e. The van der Waals surface area contributed by atoms with Crippen LogP contribution in [0.3, 0.4) is 0 Å². The number of benzene rings is 3. The highest BCUT2D eigenvalue weighted by atomic mass is 32.2. The van der Waals surface area contributed by atoms with Crippen molar-refractivity contribution in [2.45, 2.75) is 24.5 Å². The zero-order valence-electron chi connectivity index (χ0n) is 12.2. The molecule has 0 saturated carbocycles. The standard InChI is InChI=1S/C19H16S3/c1-20-17-12-18(21-15-8-4-2-5-9-15)14-19(13-17)22-16-10-6-3-7-11-16/h2-14H,1H3. The van der Waals surface area contributed by atoms with E-state index in [1.54, 1.807) is 11.8 Å². The van der Waals surface area contributed by atoms with Crippen molar-refractivity contribution in [3.63, 3.8) is 0 Å². The SMILES string of the molecule is CSc1cc(Sc2ccccc2)cc(Sc2ccccc2)c1. The van der Waals surface area contributed by atoms with Gasteiger partial charge >= 0.3 is 0 Å². The Balaban J connectivity index is 1.86. The Hall–Kier alpha value is -1.29. The predicted molar refractivity (Wildman–Crippen MR) is 99.4 cm³/mol. The summed E-state index contributed by atoms with van der Waals surface area (Å²) in [6, 6.07) is 27.9. The summed E-state index contributed by atoms with van der Waals surface area (Å²) in [5, 5.41) is 0. The van der Waals surface area contributed by atoms with Crippen molar-refractivity contribution in [2.24, 2.45) is 0 Å². The zero-order chi connectivity index (χ0) is 15.2. The van der Waals surface area contributed by atoms with Crippen LogP contribution in [0.1, 0.15) is 0 Å². The van der Waals surface area contributed by atoms with Crippen molar-refractivity contribution in [3.05, 3.63) is 78.9 Å². The van der Waals surface area contributed by atoms with Crippen LogP contribution >= 0.6 is 35.3 Å². The Morgan fingerprint density at radius 2 is 0.909 bits per heavy atom. The first-order chi connectivity index (χ1) is 10.8. The minimum Gasteiger partial charge on any atom is -0.130 e. The van der Waals surface area contributed by atoms with E-state index in [0.717, 1.165) is 0 Å². The summed E-state index contributed by atoms with van der Waals surface area (Å²) in [6.07, 6.45) is 2.13. The number of hydrogen-bond acceptors (Lipinski definition) is 3.